The van der Waals surface area contributed by atoms with E-state index in [-0.39, 0.29) is 22.8 Å². The van der Waals surface area contributed by atoms with Gasteiger partial charge >= 0.3 is 5.97 Å². The fourth-order valence-corrected chi connectivity index (χ4v) is 4.19. The fraction of sp³-hybridized carbons (Fsp3) is 0.294. The van der Waals surface area contributed by atoms with Crippen molar-refractivity contribution in [3.8, 4) is 0 Å². The summed E-state index contributed by atoms with van der Waals surface area (Å²) in [7, 11) is -3.93. The number of carboxylic acid groups (broad SMARTS) is 1. The molecule has 10 heteroatoms. The smallest absolute Gasteiger partial charge is 0.338 e. The van der Waals surface area contributed by atoms with E-state index < -0.39 is 33.8 Å². The zero-order valence-corrected chi connectivity index (χ0v) is 14.9. The number of amides is 1. The minimum atomic E-state index is -3.93. The lowest BCUT2D eigenvalue weighted by Crippen LogP contribution is -2.49. The lowest BCUT2D eigenvalue weighted by molar-refractivity contribution is 0.0668. The number of furan rings is 1. The molecule has 3 rings (SSSR count). The number of likely N-dealkylation sites (tertiary alicyclic amines) is 1. The Morgan fingerprint density at radius 1 is 1.30 bits per heavy atom. The van der Waals surface area contributed by atoms with E-state index >= 15 is 0 Å². The van der Waals surface area contributed by atoms with E-state index in [1.165, 1.54) is 17.0 Å². The van der Waals surface area contributed by atoms with Gasteiger partial charge in [0.25, 0.3) is 5.91 Å². The molecule has 1 fully saturated rings. The van der Waals surface area contributed by atoms with Crippen LogP contribution in [-0.4, -0.2) is 49.4 Å². The van der Waals surface area contributed by atoms with Crippen molar-refractivity contribution in [3.63, 3.8) is 0 Å². The summed E-state index contributed by atoms with van der Waals surface area (Å²) >= 11 is 0. The lowest BCUT2D eigenvalue weighted by Gasteiger charge is -2.32. The molecule has 8 nitrogen and oxygen atoms in total. The first-order valence-electron chi connectivity index (χ1n) is 8.15. The molecule has 1 aliphatic heterocycles. The Morgan fingerprint density at radius 3 is 2.74 bits per heavy atom. The molecule has 1 amide bonds. The first-order chi connectivity index (χ1) is 12.8. The van der Waals surface area contributed by atoms with E-state index in [0.717, 1.165) is 24.5 Å². The summed E-state index contributed by atoms with van der Waals surface area (Å²) < 4.78 is 45.6. The number of aromatic carboxylic acids is 1. The summed E-state index contributed by atoms with van der Waals surface area (Å²) in [6, 6.07) is 5.24. The highest BCUT2D eigenvalue weighted by Crippen LogP contribution is 2.18. The summed E-state index contributed by atoms with van der Waals surface area (Å²) in [4.78, 5) is 24.6. The third-order valence-corrected chi connectivity index (χ3v) is 5.71. The monoisotopic (exact) mass is 396 g/mol. The van der Waals surface area contributed by atoms with Crippen molar-refractivity contribution in [2.45, 2.75) is 23.8 Å². The van der Waals surface area contributed by atoms with Crippen LogP contribution in [0, 0.1) is 5.82 Å². The highest BCUT2D eigenvalue weighted by molar-refractivity contribution is 7.89. The molecule has 2 N–H and O–H groups in total. The molecular formula is C17H17FN2O6S. The Balaban J connectivity index is 1.70. The van der Waals surface area contributed by atoms with Crippen LogP contribution in [0.3, 0.4) is 0 Å². The second kappa shape index (κ2) is 7.49. The maximum atomic E-state index is 13.3. The summed E-state index contributed by atoms with van der Waals surface area (Å²) in [5, 5.41) is 8.90. The minimum Gasteiger partial charge on any atom is -0.478 e. The molecule has 0 saturated carbocycles. The van der Waals surface area contributed by atoms with E-state index in [2.05, 4.69) is 4.72 Å². The van der Waals surface area contributed by atoms with Crippen LogP contribution in [0.4, 0.5) is 4.39 Å². The number of carbonyl (C=O) groups is 2. The van der Waals surface area contributed by atoms with Crippen LogP contribution >= 0.6 is 0 Å². The Kier molecular flexibility index (Phi) is 5.29. The van der Waals surface area contributed by atoms with E-state index in [0.29, 0.717) is 19.4 Å². The van der Waals surface area contributed by atoms with Crippen LogP contribution in [0.15, 0.2) is 45.9 Å². The third kappa shape index (κ3) is 4.34. The van der Waals surface area contributed by atoms with E-state index in [4.69, 9.17) is 9.52 Å². The van der Waals surface area contributed by atoms with Gasteiger partial charge in [-0.25, -0.2) is 22.3 Å². The maximum absolute atomic E-state index is 13.3. The van der Waals surface area contributed by atoms with Gasteiger partial charge in [-0.15, -0.1) is 0 Å². The molecule has 0 spiro atoms. The number of hydrogen-bond acceptors (Lipinski definition) is 5. The molecule has 0 aliphatic carbocycles. The Bertz CT molecular complexity index is 971. The minimum absolute atomic E-state index is 0.0937. The zero-order valence-electron chi connectivity index (χ0n) is 14.1. The number of carboxylic acids is 1. The van der Waals surface area contributed by atoms with E-state index in [1.54, 1.807) is 0 Å². The van der Waals surface area contributed by atoms with Gasteiger partial charge in [0, 0.05) is 25.2 Å². The van der Waals surface area contributed by atoms with Gasteiger partial charge in [0.05, 0.1) is 10.5 Å². The van der Waals surface area contributed by atoms with Gasteiger partial charge in [-0.3, -0.25) is 4.79 Å². The van der Waals surface area contributed by atoms with Crippen molar-refractivity contribution in [1.29, 1.82) is 0 Å². The average Bonchev–Trinajstić information content (AvgIpc) is 3.11. The standard InChI is InChI=1S/C17H17FN2O6S/c18-12-3-1-5-14(8-12)27(24,25)19-13-4-2-6-20(9-13)16(21)15-7-11(10-26-15)17(22)23/h1,3,5,7-8,10,13,19H,2,4,6,9H2,(H,22,23). The van der Waals surface area contributed by atoms with Gasteiger partial charge in [0.2, 0.25) is 10.0 Å². The molecule has 1 unspecified atom stereocenters. The molecule has 1 aromatic heterocycles. The molecule has 1 aliphatic rings. The van der Waals surface area contributed by atoms with E-state index in [1.807, 2.05) is 0 Å². The zero-order chi connectivity index (χ0) is 19.6. The van der Waals surface area contributed by atoms with E-state index in [9.17, 15) is 22.4 Å². The van der Waals surface area contributed by atoms with Crippen molar-refractivity contribution >= 4 is 21.9 Å². The van der Waals surface area contributed by atoms with Gasteiger partial charge in [-0.1, -0.05) is 6.07 Å². The second-order valence-corrected chi connectivity index (χ2v) is 7.89. The second-order valence-electron chi connectivity index (χ2n) is 6.17. The summed E-state index contributed by atoms with van der Waals surface area (Å²) in [6.45, 7) is 0.483. The van der Waals surface area contributed by atoms with Crippen LogP contribution in [0.25, 0.3) is 0 Å². The quantitative estimate of drug-likeness (QED) is 0.795. The van der Waals surface area contributed by atoms with Gasteiger partial charge in [0.15, 0.2) is 5.76 Å². The Hall–Kier alpha value is -2.72. The van der Waals surface area contributed by atoms with Crippen LogP contribution in [0.1, 0.15) is 33.8 Å². The van der Waals surface area contributed by atoms with Gasteiger partial charge in [0.1, 0.15) is 12.1 Å². The number of hydrogen-bond donors (Lipinski definition) is 2. The topological polar surface area (TPSA) is 117 Å². The largest absolute Gasteiger partial charge is 0.478 e. The molecule has 0 radical (unpaired) electrons. The third-order valence-electron chi connectivity index (χ3n) is 4.19. The van der Waals surface area contributed by atoms with Crippen LogP contribution in [0.5, 0.6) is 0 Å². The normalized spacial score (nSPS) is 17.7. The van der Waals surface area contributed by atoms with Crippen molar-refractivity contribution in [2.75, 3.05) is 13.1 Å². The molecule has 2 heterocycles. The maximum Gasteiger partial charge on any atom is 0.338 e. The summed E-state index contributed by atoms with van der Waals surface area (Å²) in [6.07, 6.45) is 2.04. The molecule has 144 valence electrons. The number of nitrogens with one attached hydrogen (secondary N) is 1. The van der Waals surface area contributed by atoms with Gasteiger partial charge < -0.3 is 14.4 Å². The van der Waals surface area contributed by atoms with Crippen LogP contribution < -0.4 is 4.72 Å². The van der Waals surface area contributed by atoms with Gasteiger partial charge in [-0.05, 0) is 31.0 Å². The highest BCUT2D eigenvalue weighted by atomic mass is 32.2. The fourth-order valence-electron chi connectivity index (χ4n) is 2.90. The number of sulfonamides is 1. The lowest BCUT2D eigenvalue weighted by atomic mass is 10.1. The van der Waals surface area contributed by atoms with Crippen molar-refractivity contribution in [2.24, 2.45) is 0 Å². The average molecular weight is 396 g/mol. The predicted molar refractivity (Wildman–Crippen MR) is 91.3 cm³/mol. The Morgan fingerprint density at radius 2 is 2.07 bits per heavy atom. The number of halogens is 1. The summed E-state index contributed by atoms with van der Waals surface area (Å²) in [5.74, 6) is -2.51. The first-order valence-corrected chi connectivity index (χ1v) is 9.63. The Labute approximate surface area is 154 Å². The molecule has 2 aromatic rings. The molecule has 1 aromatic carbocycles. The number of benzene rings is 1. The first kappa shape index (κ1) is 19.1. The van der Waals surface area contributed by atoms with Gasteiger partial charge in [-0.2, -0.15) is 0 Å². The van der Waals surface area contributed by atoms with Crippen LogP contribution in [-0.2, 0) is 10.0 Å². The van der Waals surface area contributed by atoms with Crippen molar-refractivity contribution in [3.05, 3.63) is 53.7 Å². The SMILES string of the molecule is O=C(O)c1coc(C(=O)N2CCCC(NS(=O)(=O)c3cccc(F)c3)C2)c1. The number of piperidine rings is 1. The van der Waals surface area contributed by atoms with Crippen molar-refractivity contribution in [1.82, 2.24) is 9.62 Å². The predicted octanol–water partition coefficient (Wildman–Crippen LogP) is 1.70. The van der Waals surface area contributed by atoms with Crippen LogP contribution in [0.2, 0.25) is 0 Å². The molecule has 1 atom stereocenters. The summed E-state index contributed by atoms with van der Waals surface area (Å²) in [5.41, 5.74) is -0.140. The molecule has 0 bridgehead atoms. The molecule has 27 heavy (non-hydrogen) atoms. The highest BCUT2D eigenvalue weighted by Gasteiger charge is 2.29. The number of nitrogens with zero attached hydrogens (tertiary/aromatic N) is 1. The molecule has 1 saturated heterocycles. The number of rotatable bonds is 5. The number of carbonyl (C=O) groups excluding carboxylic acids is 1. The van der Waals surface area contributed by atoms with Crippen molar-refractivity contribution < 1.29 is 31.9 Å². The molecular weight excluding hydrogens is 379 g/mol.